The van der Waals surface area contributed by atoms with E-state index < -0.39 is 0 Å². The van der Waals surface area contributed by atoms with Crippen LogP contribution in [0.3, 0.4) is 0 Å². The number of aromatic nitrogens is 3. The van der Waals surface area contributed by atoms with Gasteiger partial charge in [0.05, 0.1) is 0 Å². The minimum Gasteiger partial charge on any atom is -0.374 e. The quantitative estimate of drug-likeness (QED) is 0.883. The number of hydrogen-bond donors (Lipinski definition) is 1. The van der Waals surface area contributed by atoms with E-state index in [9.17, 15) is 0 Å². The first-order valence-electron chi connectivity index (χ1n) is 4.05. The summed E-state index contributed by atoms with van der Waals surface area (Å²) in [7, 11) is 0. The number of hydrogen-bond acceptors (Lipinski definition) is 6. The third-order valence-electron chi connectivity index (χ3n) is 1.55. The Morgan fingerprint density at radius 1 is 1.40 bits per heavy atom. The van der Waals surface area contributed by atoms with Gasteiger partial charge in [0.2, 0.25) is 5.13 Å². The summed E-state index contributed by atoms with van der Waals surface area (Å²) in [5.41, 5.74) is 6.63. The van der Waals surface area contributed by atoms with Gasteiger partial charge in [0.25, 0.3) is 0 Å². The fourth-order valence-corrected chi connectivity index (χ4v) is 2.93. The van der Waals surface area contributed by atoms with E-state index in [2.05, 4.69) is 31.1 Å². The van der Waals surface area contributed by atoms with Crippen LogP contribution in [0.15, 0.2) is 27.3 Å². The van der Waals surface area contributed by atoms with E-state index in [1.165, 1.54) is 11.3 Å². The van der Waals surface area contributed by atoms with Crippen molar-refractivity contribution in [2.24, 2.45) is 0 Å². The number of rotatable bonds is 3. The van der Waals surface area contributed by atoms with E-state index in [1.54, 1.807) is 18.0 Å². The van der Waals surface area contributed by atoms with Crippen LogP contribution in [-0.4, -0.2) is 15.2 Å². The van der Waals surface area contributed by atoms with Crippen molar-refractivity contribution in [2.45, 2.75) is 10.1 Å². The van der Waals surface area contributed by atoms with Gasteiger partial charge in [-0.05, 0) is 27.6 Å². The molecule has 2 rings (SSSR count). The smallest absolute Gasteiger partial charge is 0.203 e. The van der Waals surface area contributed by atoms with Crippen LogP contribution in [0.5, 0.6) is 0 Å². The molecule has 0 aliphatic carbocycles. The Balaban J connectivity index is 1.99. The number of halogens is 1. The van der Waals surface area contributed by atoms with Crippen LogP contribution in [0.25, 0.3) is 0 Å². The van der Waals surface area contributed by atoms with E-state index in [4.69, 9.17) is 5.73 Å². The summed E-state index contributed by atoms with van der Waals surface area (Å²) >= 11 is 6.38. The molecule has 0 spiro atoms. The second-order valence-electron chi connectivity index (χ2n) is 2.71. The molecule has 0 radical (unpaired) electrons. The van der Waals surface area contributed by atoms with Crippen LogP contribution in [0.4, 0.5) is 5.13 Å². The van der Waals surface area contributed by atoms with Gasteiger partial charge in [-0.3, -0.25) is 4.98 Å². The van der Waals surface area contributed by atoms with Crippen LogP contribution in [0.2, 0.25) is 0 Å². The molecule has 0 aliphatic rings. The molecular weight excluding hydrogens is 296 g/mol. The minimum atomic E-state index is 0.505. The van der Waals surface area contributed by atoms with Crippen molar-refractivity contribution in [3.63, 3.8) is 0 Å². The Labute approximate surface area is 103 Å². The molecule has 0 unspecified atom stereocenters. The highest BCUT2D eigenvalue weighted by molar-refractivity contribution is 9.10. The molecular formula is C8H7BrN4S2. The number of pyridine rings is 1. The van der Waals surface area contributed by atoms with Gasteiger partial charge in [-0.2, -0.15) is 0 Å². The normalized spacial score (nSPS) is 10.5. The highest BCUT2D eigenvalue weighted by Crippen LogP contribution is 2.27. The van der Waals surface area contributed by atoms with Gasteiger partial charge in [-0.15, -0.1) is 10.2 Å². The van der Waals surface area contributed by atoms with Gasteiger partial charge < -0.3 is 5.73 Å². The standard InChI is InChI=1S/C8H7BrN4S2/c9-6-1-5(2-11-3-6)4-14-8-13-12-7(10)15-8/h1-3H,4H2,(H2,10,12). The first-order valence-corrected chi connectivity index (χ1v) is 6.65. The van der Waals surface area contributed by atoms with Crippen LogP contribution < -0.4 is 5.73 Å². The fourth-order valence-electron chi connectivity index (χ4n) is 0.959. The molecule has 2 heterocycles. The molecule has 0 aromatic carbocycles. The lowest BCUT2D eigenvalue weighted by Gasteiger charge is -1.97. The molecule has 2 aromatic rings. The molecule has 4 nitrogen and oxygen atoms in total. The third-order valence-corrected chi connectivity index (χ3v) is 3.94. The van der Waals surface area contributed by atoms with Gasteiger partial charge in [-0.25, -0.2) is 0 Å². The second kappa shape index (κ2) is 4.91. The number of nitrogen functional groups attached to an aromatic ring is 1. The van der Waals surface area contributed by atoms with Crippen molar-refractivity contribution in [1.82, 2.24) is 15.2 Å². The lowest BCUT2D eigenvalue weighted by atomic mass is 10.3. The molecule has 0 saturated carbocycles. The van der Waals surface area contributed by atoms with Crippen molar-refractivity contribution >= 4 is 44.2 Å². The predicted octanol–water partition coefficient (Wildman–Crippen LogP) is 2.57. The van der Waals surface area contributed by atoms with Crippen LogP contribution in [0.1, 0.15) is 5.56 Å². The first kappa shape index (κ1) is 10.8. The van der Waals surface area contributed by atoms with Gasteiger partial charge in [0.1, 0.15) is 0 Å². The Morgan fingerprint density at radius 3 is 2.93 bits per heavy atom. The zero-order chi connectivity index (χ0) is 10.7. The lowest BCUT2D eigenvalue weighted by molar-refractivity contribution is 1.02. The summed E-state index contributed by atoms with van der Waals surface area (Å²) in [5, 5.41) is 8.18. The van der Waals surface area contributed by atoms with E-state index >= 15 is 0 Å². The van der Waals surface area contributed by atoms with Crippen molar-refractivity contribution < 1.29 is 0 Å². The molecule has 2 N–H and O–H groups in total. The maximum Gasteiger partial charge on any atom is 0.203 e. The number of nitrogens with two attached hydrogens (primary N) is 1. The molecule has 0 saturated heterocycles. The number of thioether (sulfide) groups is 1. The van der Waals surface area contributed by atoms with E-state index in [-0.39, 0.29) is 0 Å². The zero-order valence-electron chi connectivity index (χ0n) is 7.55. The molecule has 0 bridgehead atoms. The number of nitrogens with zero attached hydrogens (tertiary/aromatic N) is 3. The molecule has 0 fully saturated rings. The highest BCUT2D eigenvalue weighted by Gasteiger charge is 2.02. The van der Waals surface area contributed by atoms with Crippen molar-refractivity contribution in [3.8, 4) is 0 Å². The Morgan fingerprint density at radius 2 is 2.27 bits per heavy atom. The second-order valence-corrected chi connectivity index (χ2v) is 5.85. The third kappa shape index (κ3) is 3.15. The Bertz CT molecular complexity index is 459. The Hall–Kier alpha value is -0.660. The average molecular weight is 303 g/mol. The number of anilines is 1. The predicted molar refractivity (Wildman–Crippen MR) is 65.8 cm³/mol. The van der Waals surface area contributed by atoms with Crippen molar-refractivity contribution in [2.75, 3.05) is 5.73 Å². The monoisotopic (exact) mass is 302 g/mol. The zero-order valence-corrected chi connectivity index (χ0v) is 10.8. The molecule has 2 aromatic heterocycles. The fraction of sp³-hybridized carbons (Fsp3) is 0.125. The molecule has 0 aliphatic heterocycles. The van der Waals surface area contributed by atoms with Gasteiger partial charge in [0, 0.05) is 22.6 Å². The summed E-state index contributed by atoms with van der Waals surface area (Å²) in [6, 6.07) is 2.03. The highest BCUT2D eigenvalue weighted by atomic mass is 79.9. The maximum absolute atomic E-state index is 5.48. The minimum absolute atomic E-state index is 0.505. The summed E-state index contributed by atoms with van der Waals surface area (Å²) < 4.78 is 1.87. The molecule has 15 heavy (non-hydrogen) atoms. The molecule has 0 amide bonds. The van der Waals surface area contributed by atoms with Crippen LogP contribution in [0, 0.1) is 0 Å². The van der Waals surface area contributed by atoms with Crippen LogP contribution in [-0.2, 0) is 5.75 Å². The maximum atomic E-state index is 5.48. The first-order chi connectivity index (χ1) is 7.24. The van der Waals surface area contributed by atoms with Crippen molar-refractivity contribution in [3.05, 3.63) is 28.5 Å². The molecule has 0 atom stereocenters. The topological polar surface area (TPSA) is 64.7 Å². The Kier molecular flexibility index (Phi) is 3.55. The van der Waals surface area contributed by atoms with E-state index in [1.807, 2.05) is 12.3 Å². The van der Waals surface area contributed by atoms with E-state index in [0.29, 0.717) is 5.13 Å². The average Bonchev–Trinajstić information content (AvgIpc) is 2.62. The van der Waals surface area contributed by atoms with Gasteiger partial charge in [0.15, 0.2) is 4.34 Å². The largest absolute Gasteiger partial charge is 0.374 e. The van der Waals surface area contributed by atoms with Crippen molar-refractivity contribution in [1.29, 1.82) is 0 Å². The van der Waals surface area contributed by atoms with Crippen LogP contribution >= 0.6 is 39.0 Å². The summed E-state index contributed by atoms with van der Waals surface area (Å²) in [4.78, 5) is 4.08. The summed E-state index contributed by atoms with van der Waals surface area (Å²) in [6.45, 7) is 0. The van der Waals surface area contributed by atoms with Gasteiger partial charge in [-0.1, -0.05) is 23.1 Å². The van der Waals surface area contributed by atoms with Gasteiger partial charge >= 0.3 is 0 Å². The lowest BCUT2D eigenvalue weighted by Crippen LogP contribution is -1.82. The molecule has 7 heteroatoms. The summed E-state index contributed by atoms with van der Waals surface area (Å²) in [5.74, 6) is 0.821. The van der Waals surface area contributed by atoms with E-state index in [0.717, 1.165) is 20.1 Å². The summed E-state index contributed by atoms with van der Waals surface area (Å²) in [6.07, 6.45) is 3.60. The molecule has 78 valence electrons. The SMILES string of the molecule is Nc1nnc(SCc2cncc(Br)c2)s1.